The third-order valence-corrected chi connectivity index (χ3v) is 6.80. The van der Waals surface area contributed by atoms with Gasteiger partial charge in [0.05, 0.1) is 16.8 Å². The lowest BCUT2D eigenvalue weighted by atomic mass is 9.89. The number of hydrogen-bond acceptors (Lipinski definition) is 3. The van der Waals surface area contributed by atoms with Gasteiger partial charge in [-0.1, -0.05) is 11.6 Å². The molecule has 0 bridgehead atoms. The van der Waals surface area contributed by atoms with Crippen LogP contribution in [0.3, 0.4) is 0 Å². The summed E-state index contributed by atoms with van der Waals surface area (Å²) in [6.45, 7) is 1.48. The predicted molar refractivity (Wildman–Crippen MR) is 119 cm³/mol. The van der Waals surface area contributed by atoms with E-state index in [1.165, 1.54) is 12.1 Å². The van der Waals surface area contributed by atoms with E-state index >= 15 is 0 Å². The number of carbonyl (C=O) groups is 2. The Morgan fingerprint density at radius 1 is 0.968 bits per heavy atom. The van der Waals surface area contributed by atoms with E-state index in [0.717, 1.165) is 70.9 Å². The summed E-state index contributed by atoms with van der Waals surface area (Å²) in [5, 5.41) is 2.87. The Labute approximate surface area is 188 Å². The molecule has 4 rings (SSSR count). The molecular weight excluding hydrogens is 419 g/mol. The summed E-state index contributed by atoms with van der Waals surface area (Å²) in [5.74, 6) is -0.676. The first-order valence-corrected chi connectivity index (χ1v) is 11.9. The maximum absolute atomic E-state index is 14.6. The van der Waals surface area contributed by atoms with Crippen molar-refractivity contribution in [3.05, 3.63) is 34.1 Å². The molecule has 0 radical (unpaired) electrons. The lowest BCUT2D eigenvalue weighted by Crippen LogP contribution is -2.38. The summed E-state index contributed by atoms with van der Waals surface area (Å²) in [7, 11) is 0. The second-order valence-corrected chi connectivity index (χ2v) is 9.17. The van der Waals surface area contributed by atoms with Gasteiger partial charge in [0.25, 0.3) is 5.91 Å². The predicted octanol–water partition coefficient (Wildman–Crippen LogP) is 5.62. The van der Waals surface area contributed by atoms with Crippen LogP contribution in [0.5, 0.6) is 5.75 Å². The number of carbonyl (C=O) groups excluding carboxylic acids is 2. The van der Waals surface area contributed by atoms with Crippen molar-refractivity contribution >= 4 is 29.1 Å². The van der Waals surface area contributed by atoms with Crippen LogP contribution in [0.4, 0.5) is 10.1 Å². The molecule has 3 aliphatic rings. The minimum Gasteiger partial charge on any atom is -0.489 e. The van der Waals surface area contributed by atoms with E-state index in [9.17, 15) is 14.0 Å². The second kappa shape index (κ2) is 10.0. The summed E-state index contributed by atoms with van der Waals surface area (Å²) in [6, 6.07) is 2.64. The van der Waals surface area contributed by atoms with Crippen molar-refractivity contribution in [1.29, 1.82) is 0 Å². The number of benzene rings is 1. The Hall–Kier alpha value is -2.08. The van der Waals surface area contributed by atoms with Crippen LogP contribution in [0.2, 0.25) is 5.02 Å². The molecule has 168 valence electrons. The topological polar surface area (TPSA) is 58.6 Å². The Bertz CT molecular complexity index is 874. The molecule has 2 aliphatic carbocycles. The van der Waals surface area contributed by atoms with Crippen molar-refractivity contribution < 1.29 is 18.7 Å². The molecule has 2 fully saturated rings. The van der Waals surface area contributed by atoms with Gasteiger partial charge in [-0.15, -0.1) is 0 Å². The van der Waals surface area contributed by atoms with Crippen LogP contribution in [0.1, 0.15) is 70.6 Å². The van der Waals surface area contributed by atoms with Crippen molar-refractivity contribution in [3.63, 3.8) is 0 Å². The molecule has 31 heavy (non-hydrogen) atoms. The molecule has 0 aromatic heterocycles. The van der Waals surface area contributed by atoms with E-state index in [-0.39, 0.29) is 22.7 Å². The Morgan fingerprint density at radius 3 is 2.35 bits per heavy atom. The Kier molecular flexibility index (Phi) is 7.16. The monoisotopic (exact) mass is 448 g/mol. The van der Waals surface area contributed by atoms with E-state index in [0.29, 0.717) is 29.7 Å². The fraction of sp³-hybridized carbons (Fsp3) is 0.583. The van der Waals surface area contributed by atoms with Gasteiger partial charge in [0.15, 0.2) is 0 Å². The summed E-state index contributed by atoms with van der Waals surface area (Å²) in [4.78, 5) is 28.0. The SMILES string of the molecule is O=C(Nc1cc(OC2CCCC2)c(Cl)cc1F)C1=C(C(=O)N2CCCCC2)CCCC1. The van der Waals surface area contributed by atoms with Crippen LogP contribution in [-0.2, 0) is 9.59 Å². The first kappa shape index (κ1) is 22.1. The number of likely N-dealkylation sites (tertiary alicyclic amines) is 1. The molecule has 5 nitrogen and oxygen atoms in total. The minimum absolute atomic E-state index is 0.0326. The first-order chi connectivity index (χ1) is 15.0. The van der Waals surface area contributed by atoms with Gasteiger partial charge in [-0.3, -0.25) is 9.59 Å². The van der Waals surface area contributed by atoms with Gasteiger partial charge in [-0.25, -0.2) is 4.39 Å². The van der Waals surface area contributed by atoms with Crippen LogP contribution in [0, 0.1) is 5.82 Å². The highest BCUT2D eigenvalue weighted by Crippen LogP contribution is 2.35. The molecule has 0 unspecified atom stereocenters. The second-order valence-electron chi connectivity index (χ2n) is 8.76. The van der Waals surface area contributed by atoms with Crippen molar-refractivity contribution in [1.82, 2.24) is 4.90 Å². The molecule has 1 aromatic carbocycles. The van der Waals surface area contributed by atoms with E-state index in [1.54, 1.807) is 0 Å². The molecule has 1 saturated heterocycles. The number of halogens is 2. The number of anilines is 1. The molecule has 1 heterocycles. The summed E-state index contributed by atoms with van der Waals surface area (Å²) < 4.78 is 20.5. The van der Waals surface area contributed by atoms with E-state index in [1.807, 2.05) is 4.90 Å². The number of nitrogens with zero attached hydrogens (tertiary/aromatic N) is 1. The summed E-state index contributed by atoms with van der Waals surface area (Å²) in [6.07, 6.45) is 10.2. The Morgan fingerprint density at radius 2 is 1.65 bits per heavy atom. The van der Waals surface area contributed by atoms with Crippen LogP contribution in [0.15, 0.2) is 23.3 Å². The van der Waals surface area contributed by atoms with Crippen molar-refractivity contribution in [2.24, 2.45) is 0 Å². The average Bonchev–Trinajstić information content (AvgIpc) is 3.30. The standard InChI is InChI=1S/C24H30ClFN2O3/c25-19-14-20(26)21(15-22(19)31-16-8-2-3-9-16)27-23(29)17-10-4-5-11-18(17)24(30)28-12-6-1-7-13-28/h14-16H,1-13H2,(H,27,29). The zero-order valence-corrected chi connectivity index (χ0v) is 18.6. The van der Waals surface area contributed by atoms with Gasteiger partial charge in [0.1, 0.15) is 11.6 Å². The number of hydrogen-bond donors (Lipinski definition) is 1. The third-order valence-electron chi connectivity index (χ3n) is 6.51. The van der Waals surface area contributed by atoms with E-state index in [4.69, 9.17) is 16.3 Å². The highest BCUT2D eigenvalue weighted by atomic mass is 35.5. The normalized spacial score (nSPS) is 20.1. The highest BCUT2D eigenvalue weighted by Gasteiger charge is 2.28. The minimum atomic E-state index is -0.613. The van der Waals surface area contributed by atoms with Gasteiger partial charge in [0, 0.05) is 30.3 Å². The van der Waals surface area contributed by atoms with Gasteiger partial charge in [0.2, 0.25) is 5.91 Å². The summed E-state index contributed by atoms with van der Waals surface area (Å²) in [5.41, 5.74) is 1.10. The van der Waals surface area contributed by atoms with E-state index in [2.05, 4.69) is 5.32 Å². The smallest absolute Gasteiger partial charge is 0.252 e. The van der Waals surface area contributed by atoms with Crippen LogP contribution in [0.25, 0.3) is 0 Å². The fourth-order valence-electron chi connectivity index (χ4n) is 4.78. The van der Waals surface area contributed by atoms with Crippen molar-refractivity contribution in [2.45, 2.75) is 76.7 Å². The number of piperidine rings is 1. The molecule has 1 saturated carbocycles. The lowest BCUT2D eigenvalue weighted by molar-refractivity contribution is -0.128. The fourth-order valence-corrected chi connectivity index (χ4v) is 4.97. The van der Waals surface area contributed by atoms with Crippen LogP contribution >= 0.6 is 11.6 Å². The molecule has 0 atom stereocenters. The van der Waals surface area contributed by atoms with Crippen LogP contribution < -0.4 is 10.1 Å². The number of ether oxygens (including phenoxy) is 1. The largest absolute Gasteiger partial charge is 0.489 e. The maximum atomic E-state index is 14.6. The molecule has 1 aromatic rings. The Balaban J connectivity index is 1.54. The van der Waals surface area contributed by atoms with Gasteiger partial charge in [-0.2, -0.15) is 0 Å². The molecule has 2 amide bonds. The highest BCUT2D eigenvalue weighted by molar-refractivity contribution is 6.32. The lowest BCUT2D eigenvalue weighted by Gasteiger charge is -2.30. The maximum Gasteiger partial charge on any atom is 0.252 e. The van der Waals surface area contributed by atoms with Crippen molar-refractivity contribution in [2.75, 3.05) is 18.4 Å². The molecular formula is C24H30ClFN2O3. The number of rotatable bonds is 5. The van der Waals surface area contributed by atoms with Gasteiger partial charge in [-0.05, 0) is 76.7 Å². The van der Waals surface area contributed by atoms with Gasteiger partial charge >= 0.3 is 0 Å². The molecule has 1 aliphatic heterocycles. The zero-order chi connectivity index (χ0) is 21.8. The molecule has 1 N–H and O–H groups in total. The summed E-state index contributed by atoms with van der Waals surface area (Å²) >= 11 is 6.18. The average molecular weight is 449 g/mol. The van der Waals surface area contributed by atoms with Gasteiger partial charge < -0.3 is 15.0 Å². The quantitative estimate of drug-likeness (QED) is 0.635. The number of nitrogens with one attached hydrogen (secondary N) is 1. The molecule has 0 spiro atoms. The van der Waals surface area contributed by atoms with Crippen LogP contribution in [-0.4, -0.2) is 35.9 Å². The first-order valence-electron chi connectivity index (χ1n) is 11.5. The van der Waals surface area contributed by atoms with E-state index < -0.39 is 11.7 Å². The molecule has 7 heteroatoms. The zero-order valence-electron chi connectivity index (χ0n) is 17.9. The number of amides is 2. The van der Waals surface area contributed by atoms with Crippen molar-refractivity contribution in [3.8, 4) is 5.75 Å². The third kappa shape index (κ3) is 5.22.